The Kier molecular flexibility index (Phi) is 1.61. The first-order chi connectivity index (χ1) is 4.82. The Balaban J connectivity index is 2.20. The standard InChI is InChI=1S/C6H5F3I2/c7-6(8,9)4-1-5(11,2-4)3(4)10/h3H,1-2H2. The third kappa shape index (κ3) is 0.821. The summed E-state index contributed by atoms with van der Waals surface area (Å²) in [5, 5.41) is 0. The number of rotatable bonds is 0. The molecule has 0 N–H and O–H groups in total. The van der Waals surface area contributed by atoms with Gasteiger partial charge < -0.3 is 0 Å². The maximum atomic E-state index is 12.3. The number of alkyl halides is 5. The lowest BCUT2D eigenvalue weighted by molar-refractivity contribution is -0.300. The van der Waals surface area contributed by atoms with Crippen LogP contribution < -0.4 is 0 Å². The van der Waals surface area contributed by atoms with Gasteiger partial charge >= 0.3 is 6.18 Å². The van der Waals surface area contributed by atoms with Crippen LogP contribution >= 0.6 is 45.2 Å². The van der Waals surface area contributed by atoms with E-state index in [0.29, 0.717) is 12.8 Å². The lowest BCUT2D eigenvalue weighted by atomic mass is 9.44. The molecule has 0 aliphatic heterocycles. The molecule has 0 spiro atoms. The van der Waals surface area contributed by atoms with Crippen LogP contribution in [0.1, 0.15) is 12.8 Å². The molecule has 0 saturated heterocycles. The van der Waals surface area contributed by atoms with Crippen molar-refractivity contribution in [3.8, 4) is 0 Å². The fraction of sp³-hybridized carbons (Fsp3) is 1.00. The monoisotopic (exact) mass is 388 g/mol. The second kappa shape index (κ2) is 2.01. The van der Waals surface area contributed by atoms with Crippen molar-refractivity contribution in [2.75, 3.05) is 0 Å². The van der Waals surface area contributed by atoms with Gasteiger partial charge in [0.1, 0.15) is 0 Å². The highest BCUT2D eigenvalue weighted by atomic mass is 127. The van der Waals surface area contributed by atoms with E-state index in [1.807, 2.05) is 22.6 Å². The molecule has 1 atom stereocenters. The molecule has 3 fully saturated rings. The van der Waals surface area contributed by atoms with E-state index in [9.17, 15) is 13.2 Å². The Bertz CT molecular complexity index is 204. The van der Waals surface area contributed by atoms with Crippen molar-refractivity contribution in [1.82, 2.24) is 0 Å². The fourth-order valence-electron chi connectivity index (χ4n) is 1.93. The minimum absolute atomic E-state index is 0.0200. The quantitative estimate of drug-likeness (QED) is 0.442. The van der Waals surface area contributed by atoms with E-state index in [1.54, 1.807) is 0 Å². The highest BCUT2D eigenvalue weighted by Gasteiger charge is 2.83. The van der Waals surface area contributed by atoms with E-state index in [1.165, 1.54) is 0 Å². The Morgan fingerprint density at radius 3 is 1.82 bits per heavy atom. The fourth-order valence-corrected chi connectivity index (χ4v) is 5.12. The largest absolute Gasteiger partial charge is 0.395 e. The molecule has 11 heavy (non-hydrogen) atoms. The molecule has 0 aromatic heterocycles. The van der Waals surface area contributed by atoms with E-state index in [2.05, 4.69) is 22.6 Å². The van der Waals surface area contributed by atoms with E-state index in [-0.39, 0.29) is 7.35 Å². The first kappa shape index (κ1) is 8.83. The number of halogens is 5. The second-order valence-electron chi connectivity index (χ2n) is 3.40. The van der Waals surface area contributed by atoms with Crippen LogP contribution in [0.25, 0.3) is 0 Å². The third-order valence-corrected chi connectivity index (χ3v) is 7.68. The van der Waals surface area contributed by atoms with Crippen LogP contribution in [0.5, 0.6) is 0 Å². The molecule has 5 heteroatoms. The molecular weight excluding hydrogens is 383 g/mol. The van der Waals surface area contributed by atoms with Crippen LogP contribution in [0.3, 0.4) is 0 Å². The first-order valence-electron chi connectivity index (χ1n) is 3.22. The lowest BCUT2D eigenvalue weighted by Crippen LogP contribution is -2.78. The molecule has 0 amide bonds. The van der Waals surface area contributed by atoms with Gasteiger partial charge in [-0.15, -0.1) is 0 Å². The molecule has 0 radical (unpaired) electrons. The molecule has 3 aliphatic rings. The van der Waals surface area contributed by atoms with Crippen LogP contribution in [-0.2, 0) is 0 Å². The van der Waals surface area contributed by atoms with Crippen molar-refractivity contribution >= 4 is 45.2 Å². The smallest absolute Gasteiger partial charge is 0.170 e. The Labute approximate surface area is 89.6 Å². The maximum Gasteiger partial charge on any atom is 0.395 e. The topological polar surface area (TPSA) is 0 Å². The average molecular weight is 388 g/mol. The molecule has 64 valence electrons. The van der Waals surface area contributed by atoms with Crippen LogP contribution in [-0.4, -0.2) is 13.5 Å². The van der Waals surface area contributed by atoms with Crippen LogP contribution in [0.2, 0.25) is 0 Å². The van der Waals surface area contributed by atoms with Gasteiger partial charge in [-0.25, -0.2) is 0 Å². The third-order valence-electron chi connectivity index (χ3n) is 2.72. The lowest BCUT2D eigenvalue weighted by Gasteiger charge is -2.71. The van der Waals surface area contributed by atoms with E-state index in [0.717, 1.165) is 0 Å². The van der Waals surface area contributed by atoms with Gasteiger partial charge in [0.05, 0.1) is 5.41 Å². The van der Waals surface area contributed by atoms with Gasteiger partial charge in [0.2, 0.25) is 0 Å². The predicted molar refractivity (Wildman–Crippen MR) is 52.3 cm³/mol. The molecule has 2 bridgehead atoms. The number of hydrogen-bond acceptors (Lipinski definition) is 0. The molecule has 0 nitrogen and oxygen atoms in total. The summed E-state index contributed by atoms with van der Waals surface area (Å²) in [5.74, 6) is 0. The summed E-state index contributed by atoms with van der Waals surface area (Å²) in [6.45, 7) is 0. The van der Waals surface area contributed by atoms with Crippen LogP contribution in [0, 0.1) is 5.41 Å². The van der Waals surface area contributed by atoms with Crippen molar-refractivity contribution < 1.29 is 13.2 Å². The summed E-state index contributed by atoms with van der Waals surface area (Å²) in [7, 11) is 0. The summed E-state index contributed by atoms with van der Waals surface area (Å²) in [6.07, 6.45) is -3.28. The van der Waals surface area contributed by atoms with Crippen molar-refractivity contribution in [1.29, 1.82) is 0 Å². The maximum absolute atomic E-state index is 12.3. The van der Waals surface area contributed by atoms with Crippen LogP contribution in [0.4, 0.5) is 13.2 Å². The van der Waals surface area contributed by atoms with E-state index in [4.69, 9.17) is 0 Å². The summed E-state index contributed by atoms with van der Waals surface area (Å²) >= 11 is 4.10. The van der Waals surface area contributed by atoms with Crippen molar-refractivity contribution in [3.05, 3.63) is 0 Å². The normalized spacial score (nSPS) is 54.8. The summed E-state index contributed by atoms with van der Waals surface area (Å²) in [6, 6.07) is 0. The predicted octanol–water partition coefficient (Wildman–Crippen LogP) is 3.32. The molecule has 3 saturated carbocycles. The van der Waals surface area contributed by atoms with Gasteiger partial charge in [0.25, 0.3) is 0 Å². The zero-order chi connectivity index (χ0) is 8.49. The van der Waals surface area contributed by atoms with Crippen LogP contribution in [0.15, 0.2) is 0 Å². The van der Waals surface area contributed by atoms with Crippen molar-refractivity contribution in [3.63, 3.8) is 0 Å². The average Bonchev–Trinajstić information content (AvgIpc) is 1.80. The molecule has 0 heterocycles. The summed E-state index contributed by atoms with van der Waals surface area (Å²) in [5.41, 5.74) is -1.30. The zero-order valence-electron chi connectivity index (χ0n) is 5.38. The summed E-state index contributed by atoms with van der Waals surface area (Å²) in [4.78, 5) is 0. The Morgan fingerprint density at radius 1 is 1.27 bits per heavy atom. The van der Waals surface area contributed by atoms with E-state index < -0.39 is 11.6 Å². The van der Waals surface area contributed by atoms with Crippen molar-refractivity contribution in [2.24, 2.45) is 5.41 Å². The SMILES string of the molecule is FC(F)(F)C12CC(I)(C1)C2I. The molecular formula is C6H5F3I2. The second-order valence-corrected chi connectivity index (χ2v) is 6.80. The molecule has 0 aromatic rings. The molecule has 0 aromatic carbocycles. The van der Waals surface area contributed by atoms with Gasteiger partial charge in [0, 0.05) is 7.35 Å². The van der Waals surface area contributed by atoms with Gasteiger partial charge in [-0.3, -0.25) is 0 Å². The van der Waals surface area contributed by atoms with Gasteiger partial charge in [0.15, 0.2) is 0 Å². The minimum Gasteiger partial charge on any atom is -0.170 e. The molecule has 3 rings (SSSR count). The molecule has 1 unspecified atom stereocenters. The van der Waals surface area contributed by atoms with Gasteiger partial charge in [-0.2, -0.15) is 13.2 Å². The molecule has 3 aliphatic carbocycles. The Hall–Kier alpha value is 1.25. The first-order valence-corrected chi connectivity index (χ1v) is 5.54. The van der Waals surface area contributed by atoms with E-state index >= 15 is 0 Å². The van der Waals surface area contributed by atoms with Gasteiger partial charge in [-0.05, 0) is 12.8 Å². The highest BCUT2D eigenvalue weighted by molar-refractivity contribution is 14.1. The summed E-state index contributed by atoms with van der Waals surface area (Å²) < 4.78 is 36.8. The Morgan fingerprint density at radius 2 is 1.73 bits per heavy atom. The van der Waals surface area contributed by atoms with Crippen molar-refractivity contribution in [2.45, 2.75) is 26.4 Å². The zero-order valence-corrected chi connectivity index (χ0v) is 9.70. The highest BCUT2D eigenvalue weighted by Crippen LogP contribution is 2.79. The van der Waals surface area contributed by atoms with Gasteiger partial charge in [-0.1, -0.05) is 45.2 Å². The number of hydrogen-bond donors (Lipinski definition) is 0. The minimum atomic E-state index is -3.97.